The number of hydrogen-bond donors (Lipinski definition) is 2. The molecule has 2 rings (SSSR count). The molecule has 2 N–H and O–H groups in total. The third-order valence-corrected chi connectivity index (χ3v) is 4.17. The summed E-state index contributed by atoms with van der Waals surface area (Å²) in [5.41, 5.74) is 1.94. The largest absolute Gasteiger partial charge is 0.481 e. The SMILES string of the molecule is CC[C@H](Oc1cccc(C)c1)C(=O)Nc1ccccc1C(=O)NCCCOC. The molecule has 0 aliphatic rings. The van der Waals surface area contributed by atoms with E-state index in [0.29, 0.717) is 36.6 Å². The number of benzene rings is 2. The van der Waals surface area contributed by atoms with Gasteiger partial charge >= 0.3 is 0 Å². The van der Waals surface area contributed by atoms with Crippen molar-refractivity contribution < 1.29 is 19.1 Å². The van der Waals surface area contributed by atoms with Gasteiger partial charge in [-0.05, 0) is 49.6 Å². The van der Waals surface area contributed by atoms with Gasteiger partial charge in [-0.2, -0.15) is 0 Å². The molecule has 0 unspecified atom stereocenters. The molecule has 0 fully saturated rings. The zero-order valence-corrected chi connectivity index (χ0v) is 16.7. The first-order chi connectivity index (χ1) is 13.5. The summed E-state index contributed by atoms with van der Waals surface area (Å²) in [5, 5.41) is 5.66. The molecule has 0 saturated carbocycles. The number of ether oxygens (including phenoxy) is 2. The third-order valence-electron chi connectivity index (χ3n) is 4.17. The second-order valence-corrected chi connectivity index (χ2v) is 6.47. The fourth-order valence-corrected chi connectivity index (χ4v) is 2.69. The van der Waals surface area contributed by atoms with Gasteiger partial charge in [-0.3, -0.25) is 9.59 Å². The van der Waals surface area contributed by atoms with Crippen LogP contribution in [0.25, 0.3) is 0 Å². The number of carbonyl (C=O) groups is 2. The maximum absolute atomic E-state index is 12.7. The van der Waals surface area contributed by atoms with Crippen molar-refractivity contribution in [1.29, 1.82) is 0 Å². The Hall–Kier alpha value is -2.86. The standard InChI is InChI=1S/C22H28N2O4/c1-4-20(28-17-10-7-9-16(2)15-17)22(26)24-19-12-6-5-11-18(19)21(25)23-13-8-14-27-3/h5-7,9-12,15,20H,4,8,13-14H2,1-3H3,(H,23,25)(H,24,26)/t20-/m0/s1. The van der Waals surface area contributed by atoms with Crippen LogP contribution in [0.3, 0.4) is 0 Å². The first kappa shape index (κ1) is 21.4. The molecule has 0 aliphatic carbocycles. The topological polar surface area (TPSA) is 76.7 Å². The Morgan fingerprint density at radius 3 is 2.61 bits per heavy atom. The van der Waals surface area contributed by atoms with Gasteiger partial charge in [0.2, 0.25) is 0 Å². The van der Waals surface area contributed by atoms with Gasteiger partial charge in [0.1, 0.15) is 5.75 Å². The van der Waals surface area contributed by atoms with Crippen LogP contribution >= 0.6 is 0 Å². The minimum atomic E-state index is -0.653. The molecule has 2 aromatic rings. The van der Waals surface area contributed by atoms with Crippen molar-refractivity contribution in [3.63, 3.8) is 0 Å². The van der Waals surface area contributed by atoms with Crippen molar-refractivity contribution in [2.75, 3.05) is 25.6 Å². The molecule has 0 radical (unpaired) electrons. The minimum absolute atomic E-state index is 0.236. The molecule has 0 aliphatic heterocycles. The first-order valence-corrected chi connectivity index (χ1v) is 9.45. The Labute approximate surface area is 166 Å². The molecule has 2 aromatic carbocycles. The highest BCUT2D eigenvalue weighted by molar-refractivity contribution is 6.04. The zero-order chi connectivity index (χ0) is 20.4. The fourth-order valence-electron chi connectivity index (χ4n) is 2.69. The number of rotatable bonds is 10. The second kappa shape index (κ2) is 11.1. The van der Waals surface area contributed by atoms with E-state index < -0.39 is 6.10 Å². The van der Waals surface area contributed by atoms with E-state index in [4.69, 9.17) is 9.47 Å². The third kappa shape index (κ3) is 6.39. The Morgan fingerprint density at radius 2 is 1.89 bits per heavy atom. The highest BCUT2D eigenvalue weighted by Gasteiger charge is 2.21. The van der Waals surface area contributed by atoms with Crippen LogP contribution in [0.4, 0.5) is 5.69 Å². The Balaban J connectivity index is 2.04. The van der Waals surface area contributed by atoms with Gasteiger partial charge in [-0.15, -0.1) is 0 Å². The van der Waals surface area contributed by atoms with Crippen LogP contribution in [-0.2, 0) is 9.53 Å². The normalized spacial score (nSPS) is 11.5. The molecule has 1 atom stereocenters. The second-order valence-electron chi connectivity index (χ2n) is 6.47. The molecule has 0 aromatic heterocycles. The first-order valence-electron chi connectivity index (χ1n) is 9.45. The fraction of sp³-hybridized carbons (Fsp3) is 0.364. The van der Waals surface area contributed by atoms with Crippen LogP contribution in [-0.4, -0.2) is 38.2 Å². The molecule has 28 heavy (non-hydrogen) atoms. The highest BCUT2D eigenvalue weighted by atomic mass is 16.5. The summed E-state index contributed by atoms with van der Waals surface area (Å²) in [6.45, 7) is 4.93. The van der Waals surface area contributed by atoms with E-state index in [1.54, 1.807) is 31.4 Å². The number of para-hydroxylation sites is 1. The minimum Gasteiger partial charge on any atom is -0.481 e. The smallest absolute Gasteiger partial charge is 0.265 e. The molecule has 0 saturated heterocycles. The number of nitrogens with one attached hydrogen (secondary N) is 2. The lowest BCUT2D eigenvalue weighted by Crippen LogP contribution is -2.33. The molecular formula is C22H28N2O4. The number of methoxy groups -OCH3 is 1. The summed E-state index contributed by atoms with van der Waals surface area (Å²) in [7, 11) is 1.62. The molecule has 2 amide bonds. The summed E-state index contributed by atoms with van der Waals surface area (Å²) in [4.78, 5) is 25.2. The lowest BCUT2D eigenvalue weighted by molar-refractivity contribution is -0.122. The van der Waals surface area contributed by atoms with E-state index in [1.165, 1.54) is 0 Å². The lowest BCUT2D eigenvalue weighted by atomic mass is 10.1. The van der Waals surface area contributed by atoms with Gasteiger partial charge in [-0.1, -0.05) is 31.2 Å². The summed E-state index contributed by atoms with van der Waals surface area (Å²) >= 11 is 0. The Morgan fingerprint density at radius 1 is 1.11 bits per heavy atom. The molecule has 6 heteroatoms. The van der Waals surface area contributed by atoms with Crippen molar-refractivity contribution in [2.24, 2.45) is 0 Å². The van der Waals surface area contributed by atoms with E-state index in [2.05, 4.69) is 10.6 Å². The quantitative estimate of drug-likeness (QED) is 0.614. The van der Waals surface area contributed by atoms with Crippen molar-refractivity contribution in [2.45, 2.75) is 32.8 Å². The zero-order valence-electron chi connectivity index (χ0n) is 16.7. The average Bonchev–Trinajstić information content (AvgIpc) is 2.69. The van der Waals surface area contributed by atoms with Crippen molar-refractivity contribution >= 4 is 17.5 Å². The van der Waals surface area contributed by atoms with Crippen LogP contribution < -0.4 is 15.4 Å². The van der Waals surface area contributed by atoms with Crippen LogP contribution in [0.1, 0.15) is 35.7 Å². The molecule has 150 valence electrons. The van der Waals surface area contributed by atoms with E-state index in [-0.39, 0.29) is 11.8 Å². The Kier molecular flexibility index (Phi) is 8.49. The molecule has 0 bridgehead atoms. The van der Waals surface area contributed by atoms with Crippen LogP contribution in [0.2, 0.25) is 0 Å². The van der Waals surface area contributed by atoms with Gasteiger partial charge in [-0.25, -0.2) is 0 Å². The van der Waals surface area contributed by atoms with Gasteiger partial charge in [0.05, 0.1) is 11.3 Å². The van der Waals surface area contributed by atoms with Crippen LogP contribution in [0, 0.1) is 6.92 Å². The number of hydrogen-bond acceptors (Lipinski definition) is 4. The lowest BCUT2D eigenvalue weighted by Gasteiger charge is -2.18. The predicted octanol–water partition coefficient (Wildman–Crippen LogP) is 3.56. The van der Waals surface area contributed by atoms with Crippen LogP contribution in [0.15, 0.2) is 48.5 Å². The Bertz CT molecular complexity index is 792. The van der Waals surface area contributed by atoms with E-state index >= 15 is 0 Å². The maximum Gasteiger partial charge on any atom is 0.265 e. The highest BCUT2D eigenvalue weighted by Crippen LogP contribution is 2.19. The number of anilines is 1. The monoisotopic (exact) mass is 384 g/mol. The van der Waals surface area contributed by atoms with Gasteiger partial charge in [0, 0.05) is 20.3 Å². The van der Waals surface area contributed by atoms with Gasteiger partial charge in [0.25, 0.3) is 11.8 Å². The summed E-state index contributed by atoms with van der Waals surface area (Å²) in [6, 6.07) is 14.5. The van der Waals surface area contributed by atoms with E-state index in [0.717, 1.165) is 12.0 Å². The average molecular weight is 384 g/mol. The van der Waals surface area contributed by atoms with Crippen molar-refractivity contribution in [3.05, 3.63) is 59.7 Å². The number of aryl methyl sites for hydroxylation is 1. The molecule has 6 nitrogen and oxygen atoms in total. The van der Waals surface area contributed by atoms with E-state index in [1.807, 2.05) is 38.1 Å². The molecule has 0 heterocycles. The summed E-state index contributed by atoms with van der Waals surface area (Å²) in [6.07, 6.45) is 0.573. The van der Waals surface area contributed by atoms with Gasteiger partial charge < -0.3 is 20.1 Å². The molecular weight excluding hydrogens is 356 g/mol. The van der Waals surface area contributed by atoms with Crippen molar-refractivity contribution in [3.8, 4) is 5.75 Å². The summed E-state index contributed by atoms with van der Waals surface area (Å²) in [5.74, 6) is 0.120. The number of amides is 2. The maximum atomic E-state index is 12.7. The summed E-state index contributed by atoms with van der Waals surface area (Å²) < 4.78 is 10.8. The number of carbonyl (C=O) groups excluding carboxylic acids is 2. The predicted molar refractivity (Wildman–Crippen MR) is 110 cm³/mol. The van der Waals surface area contributed by atoms with Crippen LogP contribution in [0.5, 0.6) is 5.75 Å². The van der Waals surface area contributed by atoms with E-state index in [9.17, 15) is 9.59 Å². The van der Waals surface area contributed by atoms with Gasteiger partial charge in [0.15, 0.2) is 6.10 Å². The molecule has 0 spiro atoms. The van der Waals surface area contributed by atoms with Crippen molar-refractivity contribution in [1.82, 2.24) is 5.32 Å².